The molecule has 6 nitrogen and oxygen atoms in total. The number of hydrogen-bond acceptors (Lipinski definition) is 6. The van der Waals surface area contributed by atoms with Gasteiger partial charge in [0.2, 0.25) is 0 Å². The number of amides is 1. The van der Waals surface area contributed by atoms with Crippen molar-refractivity contribution >= 4 is 46.5 Å². The lowest BCUT2D eigenvalue weighted by molar-refractivity contribution is -0.137. The van der Waals surface area contributed by atoms with Crippen molar-refractivity contribution in [3.05, 3.63) is 45.5 Å². The van der Waals surface area contributed by atoms with Crippen LogP contribution < -0.4 is 10.6 Å². The van der Waals surface area contributed by atoms with E-state index >= 15 is 0 Å². The molecule has 11 heteroatoms. The first-order valence-corrected chi connectivity index (χ1v) is 8.93. The molecule has 0 aliphatic heterocycles. The van der Waals surface area contributed by atoms with Crippen LogP contribution in [-0.2, 0) is 6.18 Å². The zero-order chi connectivity index (χ0) is 20.2. The predicted molar refractivity (Wildman–Crippen MR) is 100 cm³/mol. The van der Waals surface area contributed by atoms with Gasteiger partial charge in [0.05, 0.1) is 21.8 Å². The molecular formula is C16H14ClF3N4O2S. The van der Waals surface area contributed by atoms with Gasteiger partial charge in [-0.2, -0.15) is 13.2 Å². The molecule has 1 amide bonds. The van der Waals surface area contributed by atoms with Gasteiger partial charge in [-0.25, -0.2) is 4.98 Å². The summed E-state index contributed by atoms with van der Waals surface area (Å²) in [4.78, 5) is 27.7. The van der Waals surface area contributed by atoms with E-state index in [-0.39, 0.29) is 27.8 Å². The molecule has 1 aromatic heterocycles. The number of nitrogens with one attached hydrogen (secondary N) is 2. The number of thioether (sulfide) groups is 1. The van der Waals surface area contributed by atoms with Crippen LogP contribution in [0.15, 0.2) is 34.5 Å². The number of benzene rings is 1. The highest BCUT2D eigenvalue weighted by Gasteiger charge is 2.32. The molecule has 0 bridgehead atoms. The molecule has 1 aromatic carbocycles. The highest BCUT2D eigenvalue weighted by Crippen LogP contribution is 2.35. The van der Waals surface area contributed by atoms with E-state index in [4.69, 9.17) is 11.6 Å². The van der Waals surface area contributed by atoms with Gasteiger partial charge in [-0.3, -0.25) is 4.79 Å². The van der Waals surface area contributed by atoms with Crippen LogP contribution in [0.2, 0.25) is 5.02 Å². The monoisotopic (exact) mass is 418 g/mol. The van der Waals surface area contributed by atoms with Crippen molar-refractivity contribution < 1.29 is 18.0 Å². The minimum Gasteiger partial charge on any atom is -0.371 e. The van der Waals surface area contributed by atoms with E-state index in [1.807, 2.05) is 6.92 Å². The zero-order valence-corrected chi connectivity index (χ0v) is 15.7. The second-order valence-corrected chi connectivity index (χ2v) is 6.86. The van der Waals surface area contributed by atoms with E-state index in [0.29, 0.717) is 16.8 Å². The number of aromatic nitrogens is 1. The van der Waals surface area contributed by atoms with Crippen molar-refractivity contribution in [2.45, 2.75) is 18.0 Å². The lowest BCUT2D eigenvalue weighted by Gasteiger charge is -2.15. The Bertz CT molecular complexity index is 877. The van der Waals surface area contributed by atoms with Crippen LogP contribution >= 0.6 is 23.4 Å². The summed E-state index contributed by atoms with van der Waals surface area (Å²) in [6.07, 6.45) is -3.95. The molecule has 2 aromatic rings. The number of nitroso groups, excluding NO2 is 1. The fourth-order valence-corrected chi connectivity index (χ4v) is 3.25. The molecule has 144 valence electrons. The molecule has 0 atom stereocenters. The van der Waals surface area contributed by atoms with Gasteiger partial charge in [-0.05, 0) is 29.1 Å². The molecular weight excluding hydrogens is 405 g/mol. The van der Waals surface area contributed by atoms with Gasteiger partial charge in [0.1, 0.15) is 11.5 Å². The average Bonchev–Trinajstić information content (AvgIpc) is 2.61. The Labute approximate surface area is 161 Å². The number of carbonyl (C=O) groups excluding carboxylic acids is 1. The first kappa shape index (κ1) is 21.0. The molecule has 2 rings (SSSR count). The molecule has 0 radical (unpaired) electrons. The summed E-state index contributed by atoms with van der Waals surface area (Å²) in [6.45, 7) is 1.85. The third-order valence-corrected chi connectivity index (χ3v) is 4.63. The summed E-state index contributed by atoms with van der Waals surface area (Å²) in [5.41, 5.74) is -1.23. The van der Waals surface area contributed by atoms with E-state index in [0.717, 1.165) is 6.07 Å². The topological polar surface area (TPSA) is 83.5 Å². The average molecular weight is 419 g/mol. The van der Waals surface area contributed by atoms with E-state index in [2.05, 4.69) is 20.8 Å². The minimum atomic E-state index is -4.61. The molecule has 0 saturated heterocycles. The second-order valence-electron chi connectivity index (χ2n) is 5.15. The smallest absolute Gasteiger partial charge is 0.371 e. The summed E-state index contributed by atoms with van der Waals surface area (Å²) >= 11 is 7.23. The SMILES string of the molecule is CCSc1cc(Cl)c(N=O)cc1C(=O)Nc1cc(C(F)(F)F)cnc1NC. The largest absolute Gasteiger partial charge is 0.417 e. The predicted octanol–water partition coefficient (Wildman–Crippen LogP) is 5.56. The van der Waals surface area contributed by atoms with Crippen LogP contribution in [-0.4, -0.2) is 23.7 Å². The quantitative estimate of drug-likeness (QED) is 0.474. The van der Waals surface area contributed by atoms with Gasteiger partial charge in [0, 0.05) is 18.1 Å². The first-order valence-electron chi connectivity index (χ1n) is 7.57. The Balaban J connectivity index is 2.46. The summed E-state index contributed by atoms with van der Waals surface area (Å²) in [5.74, 6) is -0.0500. The van der Waals surface area contributed by atoms with Crippen LogP contribution in [0.1, 0.15) is 22.8 Å². The lowest BCUT2D eigenvalue weighted by atomic mass is 10.1. The third-order valence-electron chi connectivity index (χ3n) is 3.39. The number of carbonyl (C=O) groups is 1. The van der Waals surface area contributed by atoms with Crippen molar-refractivity contribution in [3.63, 3.8) is 0 Å². The number of halogens is 4. The van der Waals surface area contributed by atoms with Crippen molar-refractivity contribution in [1.29, 1.82) is 0 Å². The maximum Gasteiger partial charge on any atom is 0.417 e. The van der Waals surface area contributed by atoms with Crippen LogP contribution in [0.4, 0.5) is 30.4 Å². The van der Waals surface area contributed by atoms with Crippen molar-refractivity contribution in [2.24, 2.45) is 5.18 Å². The number of rotatable bonds is 6. The molecule has 0 fully saturated rings. The van der Waals surface area contributed by atoms with Crippen molar-refractivity contribution in [2.75, 3.05) is 23.4 Å². The number of pyridine rings is 1. The van der Waals surface area contributed by atoms with Gasteiger partial charge in [0.25, 0.3) is 5.91 Å². The molecule has 0 aliphatic carbocycles. The second kappa shape index (κ2) is 8.57. The van der Waals surface area contributed by atoms with Crippen LogP contribution in [0.5, 0.6) is 0 Å². The van der Waals surface area contributed by atoms with Crippen molar-refractivity contribution in [1.82, 2.24) is 4.98 Å². The van der Waals surface area contributed by atoms with Gasteiger partial charge in [0.15, 0.2) is 0 Å². The highest BCUT2D eigenvalue weighted by molar-refractivity contribution is 7.99. The number of hydrogen-bond donors (Lipinski definition) is 2. The number of anilines is 2. The molecule has 0 aliphatic rings. The fourth-order valence-electron chi connectivity index (χ4n) is 2.17. The summed E-state index contributed by atoms with van der Waals surface area (Å²) in [5, 5.41) is 7.85. The van der Waals surface area contributed by atoms with E-state index in [9.17, 15) is 22.9 Å². The third kappa shape index (κ3) is 4.89. The van der Waals surface area contributed by atoms with Crippen LogP contribution in [0, 0.1) is 4.91 Å². The molecule has 0 saturated carbocycles. The zero-order valence-electron chi connectivity index (χ0n) is 14.1. The van der Waals surface area contributed by atoms with Gasteiger partial charge >= 0.3 is 6.18 Å². The highest BCUT2D eigenvalue weighted by atomic mass is 35.5. The standard InChI is InChI=1S/C16H14ClF3N4O2S/c1-3-27-13-6-10(17)11(24-26)5-9(13)15(25)23-12-4-8(16(18,19)20)7-22-14(12)21-2/h4-7H,3H2,1-2H3,(H,21,22)(H,23,25). The molecule has 0 spiro atoms. The van der Waals surface area contributed by atoms with Crippen LogP contribution in [0.25, 0.3) is 0 Å². The maximum absolute atomic E-state index is 12.9. The van der Waals surface area contributed by atoms with Gasteiger partial charge < -0.3 is 10.6 Å². The molecule has 2 N–H and O–H groups in total. The van der Waals surface area contributed by atoms with Crippen molar-refractivity contribution in [3.8, 4) is 0 Å². The first-order chi connectivity index (χ1) is 12.7. The number of nitrogens with zero attached hydrogens (tertiary/aromatic N) is 2. The Morgan fingerprint density at radius 1 is 1.33 bits per heavy atom. The normalized spacial score (nSPS) is 11.2. The Kier molecular flexibility index (Phi) is 6.66. The van der Waals surface area contributed by atoms with E-state index < -0.39 is 17.6 Å². The molecule has 27 heavy (non-hydrogen) atoms. The van der Waals surface area contributed by atoms with E-state index in [1.54, 1.807) is 0 Å². The minimum absolute atomic E-state index is 0.0590. The fraction of sp³-hybridized carbons (Fsp3) is 0.250. The molecule has 0 unspecified atom stereocenters. The summed E-state index contributed by atoms with van der Waals surface area (Å²) < 4.78 is 38.8. The summed E-state index contributed by atoms with van der Waals surface area (Å²) in [7, 11) is 1.46. The van der Waals surface area contributed by atoms with Gasteiger partial charge in [-0.1, -0.05) is 18.5 Å². The Morgan fingerprint density at radius 2 is 2.04 bits per heavy atom. The van der Waals surface area contributed by atoms with Crippen LogP contribution in [0.3, 0.4) is 0 Å². The Morgan fingerprint density at radius 3 is 2.59 bits per heavy atom. The molecule has 1 heterocycles. The lowest BCUT2D eigenvalue weighted by Crippen LogP contribution is -2.16. The summed E-state index contributed by atoms with van der Waals surface area (Å²) in [6, 6.07) is 3.39. The Hall–Kier alpha value is -2.33. The van der Waals surface area contributed by atoms with E-state index in [1.165, 1.54) is 30.9 Å². The van der Waals surface area contributed by atoms with Gasteiger partial charge in [-0.15, -0.1) is 16.7 Å². The number of alkyl halides is 3. The maximum atomic E-state index is 12.9.